The van der Waals surface area contributed by atoms with Crippen LogP contribution in [0.25, 0.3) is 0 Å². The number of aliphatic carboxylic acids is 1. The summed E-state index contributed by atoms with van der Waals surface area (Å²) in [6, 6.07) is -1.69. The Bertz CT molecular complexity index is 477. The maximum Gasteiger partial charge on any atom is 0.326 e. The van der Waals surface area contributed by atoms with E-state index in [-0.39, 0.29) is 19.4 Å². The van der Waals surface area contributed by atoms with Crippen LogP contribution in [0, 0.1) is 0 Å². The van der Waals surface area contributed by atoms with Crippen molar-refractivity contribution in [3.05, 3.63) is 16.6 Å². The lowest BCUT2D eigenvalue weighted by Gasteiger charge is -2.20. The Kier molecular flexibility index (Phi) is 5.91. The van der Waals surface area contributed by atoms with Crippen LogP contribution >= 0.6 is 11.3 Å². The predicted molar refractivity (Wildman–Crippen MR) is 72.0 cm³/mol. The summed E-state index contributed by atoms with van der Waals surface area (Å²) < 4.78 is 0. The van der Waals surface area contributed by atoms with Gasteiger partial charge in [-0.3, -0.25) is 4.79 Å². The van der Waals surface area contributed by atoms with Crippen molar-refractivity contribution in [3.63, 3.8) is 0 Å². The van der Waals surface area contributed by atoms with Gasteiger partial charge in [0.1, 0.15) is 6.04 Å². The molecule has 1 rings (SSSR count). The minimum atomic E-state index is -1.21. The predicted octanol–water partition coefficient (Wildman–Crippen LogP) is 0.00320. The highest BCUT2D eigenvalue weighted by Gasteiger charge is 2.22. The van der Waals surface area contributed by atoms with Crippen molar-refractivity contribution in [2.75, 3.05) is 7.05 Å². The van der Waals surface area contributed by atoms with Gasteiger partial charge < -0.3 is 21.1 Å². The molecule has 110 valence electrons. The summed E-state index contributed by atoms with van der Waals surface area (Å²) in [6.07, 6.45) is -0.145. The molecule has 0 bridgehead atoms. The topological polar surface area (TPSA) is 126 Å². The van der Waals surface area contributed by atoms with Crippen LogP contribution in [0.15, 0.2) is 10.9 Å². The number of carbonyl (C=O) groups excluding carboxylic acids is 2. The monoisotopic (exact) mass is 300 g/mol. The zero-order chi connectivity index (χ0) is 15.1. The normalized spacial score (nSPS) is 11.7. The van der Waals surface area contributed by atoms with Crippen LogP contribution < -0.4 is 11.1 Å². The molecule has 0 aliphatic rings. The maximum atomic E-state index is 11.8. The molecule has 1 aromatic rings. The zero-order valence-electron chi connectivity index (χ0n) is 10.9. The molecule has 8 nitrogen and oxygen atoms in total. The van der Waals surface area contributed by atoms with E-state index in [0.717, 1.165) is 5.69 Å². The van der Waals surface area contributed by atoms with Crippen LogP contribution in [0.4, 0.5) is 4.79 Å². The Morgan fingerprint density at radius 2 is 2.25 bits per heavy atom. The molecule has 3 amide bonds. The highest BCUT2D eigenvalue weighted by atomic mass is 32.1. The number of urea groups is 1. The van der Waals surface area contributed by atoms with Gasteiger partial charge >= 0.3 is 12.0 Å². The second-order valence-corrected chi connectivity index (χ2v) is 4.90. The van der Waals surface area contributed by atoms with Crippen molar-refractivity contribution in [2.24, 2.45) is 5.73 Å². The number of rotatable bonds is 7. The van der Waals surface area contributed by atoms with Gasteiger partial charge in [0.2, 0.25) is 5.91 Å². The standard InChI is InChI=1S/C11H16N4O4S/c1-15(4-7-5-20-6-13-7)11(19)14-8(10(17)18)2-3-9(12)16/h5-6,8H,2-4H2,1H3,(H2,12,16)(H,14,19)(H,17,18)/t8-/m0/s1. The summed E-state index contributed by atoms with van der Waals surface area (Å²) in [5.74, 6) is -1.82. The quantitative estimate of drug-likeness (QED) is 0.653. The lowest BCUT2D eigenvalue weighted by molar-refractivity contribution is -0.139. The Hall–Kier alpha value is -2.16. The smallest absolute Gasteiger partial charge is 0.326 e. The number of amides is 3. The van der Waals surface area contributed by atoms with Crippen LogP contribution in [-0.2, 0) is 16.1 Å². The number of hydrogen-bond acceptors (Lipinski definition) is 5. The summed E-state index contributed by atoms with van der Waals surface area (Å²) in [5.41, 5.74) is 7.33. The molecule has 9 heteroatoms. The first kappa shape index (κ1) is 15.9. The largest absolute Gasteiger partial charge is 0.480 e. The van der Waals surface area contributed by atoms with Crippen molar-refractivity contribution in [1.29, 1.82) is 0 Å². The number of nitrogens with two attached hydrogens (primary N) is 1. The molecule has 1 aromatic heterocycles. The molecule has 0 aliphatic heterocycles. The molecule has 0 unspecified atom stereocenters. The third-order valence-corrected chi connectivity index (χ3v) is 3.14. The maximum absolute atomic E-state index is 11.8. The van der Waals surface area contributed by atoms with E-state index in [1.165, 1.54) is 23.3 Å². The first-order valence-electron chi connectivity index (χ1n) is 5.80. The number of nitrogens with one attached hydrogen (secondary N) is 1. The van der Waals surface area contributed by atoms with E-state index in [1.807, 2.05) is 0 Å². The van der Waals surface area contributed by atoms with Gasteiger partial charge in [0.15, 0.2) is 0 Å². The minimum absolute atomic E-state index is 0.0407. The minimum Gasteiger partial charge on any atom is -0.480 e. The summed E-state index contributed by atoms with van der Waals surface area (Å²) in [4.78, 5) is 38.8. The lowest BCUT2D eigenvalue weighted by atomic mass is 10.1. The van der Waals surface area contributed by atoms with Crippen LogP contribution in [-0.4, -0.2) is 46.0 Å². The highest BCUT2D eigenvalue weighted by molar-refractivity contribution is 7.07. The third-order valence-electron chi connectivity index (χ3n) is 2.50. The van der Waals surface area contributed by atoms with Gasteiger partial charge in [0.05, 0.1) is 17.7 Å². The van der Waals surface area contributed by atoms with Gasteiger partial charge in [-0.15, -0.1) is 11.3 Å². The van der Waals surface area contributed by atoms with E-state index in [2.05, 4.69) is 10.3 Å². The fraction of sp³-hybridized carbons (Fsp3) is 0.455. The van der Waals surface area contributed by atoms with Gasteiger partial charge in [-0.1, -0.05) is 0 Å². The average Bonchev–Trinajstić information content (AvgIpc) is 2.86. The number of hydrogen-bond donors (Lipinski definition) is 3. The van der Waals surface area contributed by atoms with E-state index < -0.39 is 23.9 Å². The molecule has 4 N–H and O–H groups in total. The Labute approximate surface area is 119 Å². The number of carboxylic acid groups (broad SMARTS) is 1. The van der Waals surface area contributed by atoms with E-state index in [1.54, 1.807) is 10.9 Å². The zero-order valence-corrected chi connectivity index (χ0v) is 11.7. The van der Waals surface area contributed by atoms with Crippen molar-refractivity contribution in [2.45, 2.75) is 25.4 Å². The molecular weight excluding hydrogens is 284 g/mol. The average molecular weight is 300 g/mol. The fourth-order valence-electron chi connectivity index (χ4n) is 1.43. The number of aromatic nitrogens is 1. The highest BCUT2D eigenvalue weighted by Crippen LogP contribution is 2.05. The number of carbonyl (C=O) groups is 3. The molecule has 0 aromatic carbocycles. The van der Waals surface area contributed by atoms with E-state index >= 15 is 0 Å². The molecule has 0 spiro atoms. The van der Waals surface area contributed by atoms with Crippen molar-refractivity contribution < 1.29 is 19.5 Å². The molecule has 20 heavy (non-hydrogen) atoms. The van der Waals surface area contributed by atoms with E-state index in [4.69, 9.17) is 10.8 Å². The number of nitrogens with zero attached hydrogens (tertiary/aromatic N) is 2. The second-order valence-electron chi connectivity index (χ2n) is 4.18. The van der Waals surface area contributed by atoms with Crippen molar-refractivity contribution >= 4 is 29.2 Å². The second kappa shape index (κ2) is 7.43. The van der Waals surface area contributed by atoms with Crippen LogP contribution in [0.2, 0.25) is 0 Å². The van der Waals surface area contributed by atoms with Crippen molar-refractivity contribution in [1.82, 2.24) is 15.2 Å². The Morgan fingerprint density at radius 1 is 1.55 bits per heavy atom. The van der Waals surface area contributed by atoms with E-state index in [9.17, 15) is 14.4 Å². The fourth-order valence-corrected chi connectivity index (χ4v) is 1.98. The molecule has 0 aliphatic carbocycles. The number of carboxylic acids is 1. The first-order valence-corrected chi connectivity index (χ1v) is 6.74. The van der Waals surface area contributed by atoms with Gasteiger partial charge in [0, 0.05) is 18.8 Å². The first-order chi connectivity index (χ1) is 9.40. The molecule has 0 saturated heterocycles. The molecule has 1 heterocycles. The van der Waals surface area contributed by atoms with Crippen LogP contribution in [0.5, 0.6) is 0 Å². The summed E-state index contributed by atoms with van der Waals surface area (Å²) in [5, 5.41) is 13.1. The molecule has 0 saturated carbocycles. The van der Waals surface area contributed by atoms with Crippen molar-refractivity contribution in [3.8, 4) is 0 Å². The van der Waals surface area contributed by atoms with E-state index in [0.29, 0.717) is 0 Å². The van der Waals surface area contributed by atoms with Crippen LogP contribution in [0.3, 0.4) is 0 Å². The Balaban J connectivity index is 2.52. The number of primary amides is 1. The molecular formula is C11H16N4O4S. The lowest BCUT2D eigenvalue weighted by Crippen LogP contribution is -2.46. The van der Waals surface area contributed by atoms with Gasteiger partial charge in [-0.05, 0) is 6.42 Å². The molecule has 1 atom stereocenters. The molecule has 0 fully saturated rings. The molecule has 0 radical (unpaired) electrons. The summed E-state index contributed by atoms with van der Waals surface area (Å²) >= 11 is 1.41. The SMILES string of the molecule is CN(Cc1cscn1)C(=O)N[C@@H](CCC(N)=O)C(=O)O. The summed E-state index contributed by atoms with van der Waals surface area (Å²) in [7, 11) is 1.53. The summed E-state index contributed by atoms with van der Waals surface area (Å²) in [6.45, 7) is 0.275. The number of thiazole rings is 1. The van der Waals surface area contributed by atoms with Gasteiger partial charge in [-0.2, -0.15) is 0 Å². The van der Waals surface area contributed by atoms with Gasteiger partial charge in [-0.25, -0.2) is 14.6 Å². The Morgan fingerprint density at radius 3 is 2.75 bits per heavy atom. The third kappa shape index (κ3) is 5.22. The van der Waals surface area contributed by atoms with Gasteiger partial charge in [0.25, 0.3) is 0 Å². The van der Waals surface area contributed by atoms with Crippen LogP contribution in [0.1, 0.15) is 18.5 Å².